The van der Waals surface area contributed by atoms with Crippen molar-refractivity contribution in [3.63, 3.8) is 0 Å². The van der Waals surface area contributed by atoms with Crippen LogP contribution in [0.5, 0.6) is 0 Å². The summed E-state index contributed by atoms with van der Waals surface area (Å²) in [5.41, 5.74) is 1.87. The maximum Gasteiger partial charge on any atom is 0.200 e. The summed E-state index contributed by atoms with van der Waals surface area (Å²) in [5.74, 6) is 0.357. The van der Waals surface area contributed by atoms with Crippen LogP contribution in [0.4, 0.5) is 0 Å². The van der Waals surface area contributed by atoms with Crippen molar-refractivity contribution >= 4 is 15.9 Å². The fourth-order valence-electron chi connectivity index (χ4n) is 1.53. The summed E-state index contributed by atoms with van der Waals surface area (Å²) in [6, 6.07) is 5.62. The normalized spacial score (nSPS) is 17.4. The van der Waals surface area contributed by atoms with Gasteiger partial charge in [-0.3, -0.25) is 0 Å². The molecule has 0 aliphatic carbocycles. The van der Waals surface area contributed by atoms with Gasteiger partial charge in [0.25, 0.3) is 0 Å². The van der Waals surface area contributed by atoms with Crippen molar-refractivity contribution in [1.82, 2.24) is 0 Å². The van der Waals surface area contributed by atoms with Crippen LogP contribution in [-0.2, 0) is 9.84 Å². The zero-order valence-electron chi connectivity index (χ0n) is 8.19. The second-order valence-electron chi connectivity index (χ2n) is 3.80. The van der Waals surface area contributed by atoms with Crippen LogP contribution in [0.25, 0.3) is 6.08 Å². The van der Waals surface area contributed by atoms with Crippen molar-refractivity contribution in [2.75, 3.05) is 0 Å². The number of benzene rings is 1. The number of rotatable bonds is 1. The predicted octanol–water partition coefficient (Wildman–Crippen LogP) is 2.57. The number of fused-ring (bicyclic) bond motifs is 1. The Hall–Kier alpha value is -1.09. The molecule has 1 heterocycles. The first-order valence-electron chi connectivity index (χ1n) is 4.58. The molecule has 0 saturated carbocycles. The molecule has 1 aromatic rings. The molecule has 0 saturated heterocycles. The fraction of sp³-hybridized carbons (Fsp3) is 0.273. The average Bonchev–Trinajstić information content (AvgIpc) is 2.42. The highest BCUT2D eigenvalue weighted by molar-refractivity contribution is 7.94. The Morgan fingerprint density at radius 3 is 2.57 bits per heavy atom. The maximum absolute atomic E-state index is 11.5. The van der Waals surface area contributed by atoms with Gasteiger partial charge < -0.3 is 0 Å². The Balaban J connectivity index is 2.63. The maximum atomic E-state index is 11.5. The van der Waals surface area contributed by atoms with Gasteiger partial charge >= 0.3 is 0 Å². The minimum Gasteiger partial charge on any atom is -0.219 e. The van der Waals surface area contributed by atoms with Crippen LogP contribution in [0.3, 0.4) is 0 Å². The highest BCUT2D eigenvalue weighted by Gasteiger charge is 2.20. The molecule has 0 bridgehead atoms. The molecule has 0 N–H and O–H groups in total. The van der Waals surface area contributed by atoms with Crippen LogP contribution >= 0.6 is 0 Å². The Bertz CT molecular complexity index is 496. The van der Waals surface area contributed by atoms with Gasteiger partial charge in [-0.05, 0) is 29.2 Å². The van der Waals surface area contributed by atoms with E-state index >= 15 is 0 Å². The average molecular weight is 208 g/mol. The Labute approximate surface area is 84.2 Å². The van der Waals surface area contributed by atoms with Gasteiger partial charge in [0, 0.05) is 5.41 Å². The lowest BCUT2D eigenvalue weighted by Gasteiger charge is -2.07. The van der Waals surface area contributed by atoms with E-state index in [1.165, 1.54) is 5.41 Å². The number of hydrogen-bond donors (Lipinski definition) is 0. The van der Waals surface area contributed by atoms with Crippen molar-refractivity contribution < 1.29 is 8.42 Å². The van der Waals surface area contributed by atoms with Gasteiger partial charge in [-0.1, -0.05) is 26.0 Å². The summed E-state index contributed by atoms with van der Waals surface area (Å²) in [6.45, 7) is 4.10. The number of hydrogen-bond acceptors (Lipinski definition) is 2. The lowest BCUT2D eigenvalue weighted by atomic mass is 10.0. The Kier molecular flexibility index (Phi) is 2.00. The van der Waals surface area contributed by atoms with Crippen LogP contribution in [0.2, 0.25) is 0 Å². The van der Waals surface area contributed by atoms with Crippen molar-refractivity contribution in [3.05, 3.63) is 34.7 Å². The molecular formula is C11H12O2S. The largest absolute Gasteiger partial charge is 0.219 e. The molecule has 0 atom stereocenters. The highest BCUT2D eigenvalue weighted by Crippen LogP contribution is 2.29. The third-order valence-electron chi connectivity index (χ3n) is 2.44. The van der Waals surface area contributed by atoms with E-state index in [9.17, 15) is 8.42 Å². The van der Waals surface area contributed by atoms with Gasteiger partial charge in [0.15, 0.2) is 9.84 Å². The minimum atomic E-state index is -3.14. The molecular weight excluding hydrogens is 196 g/mol. The highest BCUT2D eigenvalue weighted by atomic mass is 32.2. The second-order valence-corrected chi connectivity index (χ2v) is 5.60. The van der Waals surface area contributed by atoms with Gasteiger partial charge in [-0.25, -0.2) is 8.42 Å². The summed E-state index contributed by atoms with van der Waals surface area (Å²) < 4.78 is 23.1. The fourth-order valence-corrected chi connectivity index (χ4v) is 2.77. The summed E-state index contributed by atoms with van der Waals surface area (Å²) in [7, 11) is -3.14. The molecule has 1 aliphatic rings. The summed E-state index contributed by atoms with van der Waals surface area (Å²) in [5, 5.41) is 1.27. The summed E-state index contributed by atoms with van der Waals surface area (Å²) in [4.78, 5) is 0.448. The molecule has 1 aliphatic heterocycles. The molecule has 0 amide bonds. The van der Waals surface area contributed by atoms with Crippen LogP contribution in [0.15, 0.2) is 28.5 Å². The molecule has 14 heavy (non-hydrogen) atoms. The van der Waals surface area contributed by atoms with Gasteiger partial charge in [0.05, 0.1) is 4.90 Å². The van der Waals surface area contributed by atoms with Crippen LogP contribution in [-0.4, -0.2) is 8.42 Å². The zero-order valence-corrected chi connectivity index (χ0v) is 9.01. The van der Waals surface area contributed by atoms with Gasteiger partial charge in [-0.15, -0.1) is 0 Å². The molecule has 0 spiro atoms. The molecule has 0 fully saturated rings. The first-order valence-corrected chi connectivity index (χ1v) is 6.12. The minimum absolute atomic E-state index is 0.357. The lowest BCUT2D eigenvalue weighted by Crippen LogP contribution is -1.96. The van der Waals surface area contributed by atoms with Crippen molar-refractivity contribution in [1.29, 1.82) is 0 Å². The molecule has 1 aromatic carbocycles. The van der Waals surface area contributed by atoms with E-state index in [2.05, 4.69) is 13.8 Å². The lowest BCUT2D eigenvalue weighted by molar-refractivity contribution is 0.605. The van der Waals surface area contributed by atoms with E-state index in [1.807, 2.05) is 12.1 Å². The van der Waals surface area contributed by atoms with Gasteiger partial charge in [-0.2, -0.15) is 0 Å². The number of sulfone groups is 1. The van der Waals surface area contributed by atoms with Gasteiger partial charge in [0.2, 0.25) is 0 Å². The molecule has 0 radical (unpaired) electrons. The predicted molar refractivity (Wildman–Crippen MR) is 56.8 cm³/mol. The second kappa shape index (κ2) is 2.95. The van der Waals surface area contributed by atoms with E-state index in [-0.39, 0.29) is 0 Å². The summed E-state index contributed by atoms with van der Waals surface area (Å²) >= 11 is 0. The van der Waals surface area contributed by atoms with Crippen LogP contribution in [0, 0.1) is 0 Å². The molecule has 2 nitrogen and oxygen atoms in total. The van der Waals surface area contributed by atoms with Crippen molar-refractivity contribution in [2.24, 2.45) is 0 Å². The quantitative estimate of drug-likeness (QED) is 0.710. The standard InChI is InChI=1S/C11H12O2S/c1-8(2)10-4-3-9-5-6-14(12,13)11(9)7-10/h3-8H,1-2H3. The van der Waals surface area contributed by atoms with E-state index in [1.54, 1.807) is 12.1 Å². The van der Waals surface area contributed by atoms with Crippen LogP contribution in [0.1, 0.15) is 30.9 Å². The Morgan fingerprint density at radius 2 is 1.93 bits per heavy atom. The summed E-state index contributed by atoms with van der Waals surface area (Å²) in [6.07, 6.45) is 1.65. The van der Waals surface area contributed by atoms with Crippen molar-refractivity contribution in [3.8, 4) is 0 Å². The smallest absolute Gasteiger partial charge is 0.200 e. The van der Waals surface area contributed by atoms with E-state index in [4.69, 9.17) is 0 Å². The third-order valence-corrected chi connectivity index (χ3v) is 3.90. The van der Waals surface area contributed by atoms with E-state index < -0.39 is 9.84 Å². The topological polar surface area (TPSA) is 34.1 Å². The molecule has 2 rings (SSSR count). The molecule has 74 valence electrons. The monoisotopic (exact) mass is 208 g/mol. The molecule has 0 aromatic heterocycles. The molecule has 0 unspecified atom stereocenters. The van der Waals surface area contributed by atoms with Crippen LogP contribution < -0.4 is 0 Å². The SMILES string of the molecule is CC(C)c1ccc2c(c1)S(=O)(=O)C=C2. The van der Waals surface area contributed by atoms with E-state index in [0.29, 0.717) is 10.8 Å². The van der Waals surface area contributed by atoms with Gasteiger partial charge in [0.1, 0.15) is 0 Å². The molecule has 3 heteroatoms. The first-order chi connectivity index (χ1) is 6.50. The Morgan fingerprint density at radius 1 is 1.21 bits per heavy atom. The van der Waals surface area contributed by atoms with E-state index in [0.717, 1.165) is 11.1 Å². The third kappa shape index (κ3) is 1.38. The first kappa shape index (κ1) is 9.46. The van der Waals surface area contributed by atoms with Crippen molar-refractivity contribution in [2.45, 2.75) is 24.7 Å². The zero-order chi connectivity index (χ0) is 10.3.